The van der Waals surface area contributed by atoms with Gasteiger partial charge in [-0.3, -0.25) is 4.79 Å². The van der Waals surface area contributed by atoms with Crippen molar-refractivity contribution in [2.75, 3.05) is 5.88 Å². The number of benzene rings is 1. The standard InChI is InChI=1S/C9H4BrCl2F3O/c10-8-5(9(13,14)15)1-4(2-6(8)12)7(16)3-11/h1-2H,3H2. The Labute approximate surface area is 108 Å². The fourth-order valence-corrected chi connectivity index (χ4v) is 1.86. The Kier molecular flexibility index (Phi) is 4.26. The zero-order valence-corrected chi connectivity index (χ0v) is 10.6. The Hall–Kier alpha value is -0.260. The van der Waals surface area contributed by atoms with E-state index in [4.69, 9.17) is 23.2 Å². The molecule has 0 bridgehead atoms. The lowest BCUT2D eigenvalue weighted by atomic mass is 10.1. The SMILES string of the molecule is O=C(CCl)c1cc(Cl)c(Br)c(C(F)(F)F)c1. The van der Waals surface area contributed by atoms with Crippen molar-refractivity contribution in [3.8, 4) is 0 Å². The highest BCUT2D eigenvalue weighted by atomic mass is 79.9. The Morgan fingerprint density at radius 2 is 1.94 bits per heavy atom. The van der Waals surface area contributed by atoms with Gasteiger partial charge < -0.3 is 0 Å². The van der Waals surface area contributed by atoms with Crippen LogP contribution >= 0.6 is 39.1 Å². The quantitative estimate of drug-likeness (QED) is 0.572. The van der Waals surface area contributed by atoms with Crippen LogP contribution < -0.4 is 0 Å². The van der Waals surface area contributed by atoms with Crippen molar-refractivity contribution in [3.63, 3.8) is 0 Å². The molecule has 0 aliphatic carbocycles. The van der Waals surface area contributed by atoms with E-state index in [2.05, 4.69) is 15.9 Å². The van der Waals surface area contributed by atoms with Gasteiger partial charge in [0.15, 0.2) is 5.78 Å². The van der Waals surface area contributed by atoms with Gasteiger partial charge in [-0.15, -0.1) is 11.6 Å². The van der Waals surface area contributed by atoms with E-state index >= 15 is 0 Å². The topological polar surface area (TPSA) is 17.1 Å². The summed E-state index contributed by atoms with van der Waals surface area (Å²) in [7, 11) is 0. The molecule has 0 aliphatic rings. The van der Waals surface area contributed by atoms with Gasteiger partial charge in [-0.05, 0) is 28.1 Å². The molecule has 0 saturated heterocycles. The molecule has 0 fully saturated rings. The van der Waals surface area contributed by atoms with Gasteiger partial charge in [-0.1, -0.05) is 11.6 Å². The number of alkyl halides is 4. The number of rotatable bonds is 2. The van der Waals surface area contributed by atoms with E-state index in [-0.39, 0.29) is 15.1 Å². The van der Waals surface area contributed by atoms with Crippen LogP contribution in [0.1, 0.15) is 15.9 Å². The summed E-state index contributed by atoms with van der Waals surface area (Å²) in [5, 5.41) is -0.178. The van der Waals surface area contributed by atoms with Crippen LogP contribution in [-0.4, -0.2) is 11.7 Å². The van der Waals surface area contributed by atoms with Crippen molar-refractivity contribution in [3.05, 3.63) is 32.8 Å². The predicted octanol–water partition coefficient (Wildman–Crippen LogP) is 4.54. The number of hydrogen-bond acceptors (Lipinski definition) is 1. The molecule has 1 nitrogen and oxygen atoms in total. The zero-order valence-electron chi connectivity index (χ0n) is 7.54. The minimum atomic E-state index is -4.58. The van der Waals surface area contributed by atoms with Gasteiger partial charge in [0.05, 0.1) is 16.5 Å². The fourth-order valence-electron chi connectivity index (χ4n) is 1.03. The molecule has 0 heterocycles. The van der Waals surface area contributed by atoms with Gasteiger partial charge in [0.25, 0.3) is 0 Å². The zero-order chi connectivity index (χ0) is 12.5. The van der Waals surface area contributed by atoms with Gasteiger partial charge in [-0.25, -0.2) is 0 Å². The molecule has 0 aliphatic heterocycles. The molecule has 0 spiro atoms. The van der Waals surface area contributed by atoms with Crippen molar-refractivity contribution in [2.24, 2.45) is 0 Å². The number of Topliss-reactive ketones (excluding diaryl/α,β-unsaturated/α-hetero) is 1. The molecule has 0 radical (unpaired) electrons. The minimum Gasteiger partial charge on any atom is -0.293 e. The van der Waals surface area contributed by atoms with E-state index in [0.29, 0.717) is 0 Å². The summed E-state index contributed by atoms with van der Waals surface area (Å²) in [5.41, 5.74) is -1.15. The van der Waals surface area contributed by atoms with Crippen molar-refractivity contribution < 1.29 is 18.0 Å². The first kappa shape index (κ1) is 13.8. The number of halogens is 6. The maximum absolute atomic E-state index is 12.5. The highest BCUT2D eigenvalue weighted by molar-refractivity contribution is 9.10. The lowest BCUT2D eigenvalue weighted by Crippen LogP contribution is -2.09. The second kappa shape index (κ2) is 4.94. The van der Waals surface area contributed by atoms with E-state index in [1.807, 2.05) is 0 Å². The van der Waals surface area contributed by atoms with Crippen LogP contribution in [0.5, 0.6) is 0 Å². The highest BCUT2D eigenvalue weighted by Gasteiger charge is 2.34. The predicted molar refractivity (Wildman–Crippen MR) is 59.2 cm³/mol. The normalized spacial score (nSPS) is 11.6. The Bertz CT molecular complexity index is 431. The largest absolute Gasteiger partial charge is 0.417 e. The van der Waals surface area contributed by atoms with Gasteiger partial charge >= 0.3 is 6.18 Å². The smallest absolute Gasteiger partial charge is 0.293 e. The first-order valence-electron chi connectivity index (χ1n) is 3.92. The summed E-state index contributed by atoms with van der Waals surface area (Å²) in [6.07, 6.45) is -4.58. The monoisotopic (exact) mass is 334 g/mol. The number of carbonyl (C=O) groups is 1. The Morgan fingerprint density at radius 3 is 2.38 bits per heavy atom. The highest BCUT2D eigenvalue weighted by Crippen LogP contribution is 2.39. The summed E-state index contributed by atoms with van der Waals surface area (Å²) >= 11 is 13.6. The van der Waals surface area contributed by atoms with E-state index in [0.717, 1.165) is 12.1 Å². The number of carbonyl (C=O) groups excluding carboxylic acids is 1. The van der Waals surface area contributed by atoms with Crippen LogP contribution in [0.2, 0.25) is 5.02 Å². The second-order valence-electron chi connectivity index (χ2n) is 2.87. The molecule has 0 atom stereocenters. The average Bonchev–Trinajstić information content (AvgIpc) is 2.18. The summed E-state index contributed by atoms with van der Waals surface area (Å²) in [6, 6.07) is 1.87. The van der Waals surface area contributed by atoms with E-state index in [1.54, 1.807) is 0 Å². The lowest BCUT2D eigenvalue weighted by molar-refractivity contribution is -0.138. The second-order valence-corrected chi connectivity index (χ2v) is 4.34. The molecule has 88 valence electrons. The molecule has 0 amide bonds. The van der Waals surface area contributed by atoms with Crippen LogP contribution in [0.15, 0.2) is 16.6 Å². The average molecular weight is 336 g/mol. The van der Waals surface area contributed by atoms with Crippen molar-refractivity contribution in [2.45, 2.75) is 6.18 Å². The maximum atomic E-state index is 12.5. The number of hydrogen-bond donors (Lipinski definition) is 0. The molecule has 16 heavy (non-hydrogen) atoms. The maximum Gasteiger partial charge on any atom is 0.417 e. The molecule has 0 N–H and O–H groups in total. The fraction of sp³-hybridized carbons (Fsp3) is 0.222. The molecule has 0 saturated carbocycles. The van der Waals surface area contributed by atoms with Gasteiger partial charge in [0.1, 0.15) is 0 Å². The molecule has 1 aromatic rings. The van der Waals surface area contributed by atoms with Crippen LogP contribution in [0, 0.1) is 0 Å². The summed E-state index contributed by atoms with van der Waals surface area (Å²) in [5.74, 6) is -1.00. The van der Waals surface area contributed by atoms with E-state index < -0.39 is 23.4 Å². The first-order chi connectivity index (χ1) is 7.27. The molecular formula is C9H4BrCl2F3O. The molecule has 0 aromatic heterocycles. The first-order valence-corrected chi connectivity index (χ1v) is 5.63. The van der Waals surface area contributed by atoms with E-state index in [1.165, 1.54) is 0 Å². The third-order valence-electron chi connectivity index (χ3n) is 1.78. The van der Waals surface area contributed by atoms with Crippen LogP contribution in [0.3, 0.4) is 0 Å². The van der Waals surface area contributed by atoms with Crippen molar-refractivity contribution >= 4 is 44.9 Å². The molecular weight excluding hydrogens is 332 g/mol. The van der Waals surface area contributed by atoms with Crippen molar-refractivity contribution in [1.82, 2.24) is 0 Å². The summed E-state index contributed by atoms with van der Waals surface area (Å²) in [6.45, 7) is 0. The van der Waals surface area contributed by atoms with Gasteiger partial charge in [0, 0.05) is 10.0 Å². The van der Waals surface area contributed by atoms with Crippen LogP contribution in [0.4, 0.5) is 13.2 Å². The van der Waals surface area contributed by atoms with E-state index in [9.17, 15) is 18.0 Å². The van der Waals surface area contributed by atoms with Crippen LogP contribution in [-0.2, 0) is 6.18 Å². The summed E-state index contributed by atoms with van der Waals surface area (Å²) < 4.78 is 37.3. The van der Waals surface area contributed by atoms with Crippen LogP contribution in [0.25, 0.3) is 0 Å². The third-order valence-corrected chi connectivity index (χ3v) is 3.40. The Balaban J connectivity index is 3.39. The molecule has 1 rings (SSSR count). The molecule has 1 aromatic carbocycles. The third kappa shape index (κ3) is 2.90. The van der Waals surface area contributed by atoms with Gasteiger partial charge in [-0.2, -0.15) is 13.2 Å². The molecule has 7 heteroatoms. The Morgan fingerprint density at radius 1 is 1.38 bits per heavy atom. The minimum absolute atomic E-state index is 0.157. The molecule has 0 unspecified atom stereocenters. The number of ketones is 1. The summed E-state index contributed by atoms with van der Waals surface area (Å²) in [4.78, 5) is 11.2. The van der Waals surface area contributed by atoms with Crippen molar-refractivity contribution in [1.29, 1.82) is 0 Å². The van der Waals surface area contributed by atoms with Gasteiger partial charge in [0.2, 0.25) is 0 Å². The lowest BCUT2D eigenvalue weighted by Gasteiger charge is -2.11.